The van der Waals surface area contributed by atoms with E-state index in [4.69, 9.17) is 0 Å². The smallest absolute Gasteiger partial charge is 0.261 e. The molecule has 0 atom stereocenters. The molecule has 0 amide bonds. The highest BCUT2D eigenvalue weighted by molar-refractivity contribution is 7.92. The summed E-state index contributed by atoms with van der Waals surface area (Å²) in [4.78, 5) is 6.02. The van der Waals surface area contributed by atoms with E-state index in [2.05, 4.69) is 28.5 Å². The first-order valence-electron chi connectivity index (χ1n) is 10.4. The van der Waals surface area contributed by atoms with E-state index in [1.165, 1.54) is 17.7 Å². The molecule has 0 fully saturated rings. The predicted octanol–water partition coefficient (Wildman–Crippen LogP) is 5.00. The van der Waals surface area contributed by atoms with Crippen LogP contribution in [0.25, 0.3) is 10.9 Å². The van der Waals surface area contributed by atoms with Crippen LogP contribution in [0, 0.1) is 6.92 Å². The number of hydrogen-bond donors (Lipinski definition) is 2. The Morgan fingerprint density at radius 3 is 2.52 bits per heavy atom. The molecule has 29 heavy (non-hydrogen) atoms. The Morgan fingerprint density at radius 2 is 1.79 bits per heavy atom. The number of nitrogens with one attached hydrogen (secondary N) is 2. The molecular formula is C23H29N3O2S. The number of benzene rings is 2. The fourth-order valence-corrected chi connectivity index (χ4v) is 5.46. The quantitative estimate of drug-likeness (QED) is 0.600. The lowest BCUT2D eigenvalue weighted by Gasteiger charge is -2.22. The molecule has 5 nitrogen and oxygen atoms in total. The van der Waals surface area contributed by atoms with E-state index in [1.807, 2.05) is 37.3 Å². The second-order valence-corrected chi connectivity index (χ2v) is 9.46. The molecule has 0 unspecified atom stereocenters. The van der Waals surface area contributed by atoms with Gasteiger partial charge in [0.05, 0.1) is 10.6 Å². The first-order chi connectivity index (χ1) is 13.9. The Kier molecular flexibility index (Phi) is 5.30. The van der Waals surface area contributed by atoms with Gasteiger partial charge in [0, 0.05) is 35.4 Å². The van der Waals surface area contributed by atoms with Gasteiger partial charge in [-0.25, -0.2) is 8.42 Å². The van der Waals surface area contributed by atoms with Crippen LogP contribution in [-0.2, 0) is 22.9 Å². The van der Waals surface area contributed by atoms with Crippen molar-refractivity contribution in [2.45, 2.75) is 51.3 Å². The van der Waals surface area contributed by atoms with Crippen molar-refractivity contribution in [3.8, 4) is 0 Å². The molecule has 3 aromatic rings. The third-order valence-electron chi connectivity index (χ3n) is 5.96. The molecule has 0 spiro atoms. The fraction of sp³-hybridized carbons (Fsp3) is 0.391. The van der Waals surface area contributed by atoms with Crippen LogP contribution in [0.5, 0.6) is 0 Å². The highest BCUT2D eigenvalue weighted by Crippen LogP contribution is 2.31. The van der Waals surface area contributed by atoms with Crippen LogP contribution in [0.2, 0.25) is 0 Å². The molecule has 6 heteroatoms. The number of hydrogen-bond acceptors (Lipinski definition) is 3. The van der Waals surface area contributed by atoms with E-state index in [9.17, 15) is 8.42 Å². The van der Waals surface area contributed by atoms with Gasteiger partial charge >= 0.3 is 0 Å². The van der Waals surface area contributed by atoms with Gasteiger partial charge in [-0.3, -0.25) is 4.72 Å². The monoisotopic (exact) mass is 411 g/mol. The zero-order chi connectivity index (χ0) is 20.6. The Morgan fingerprint density at radius 1 is 1.03 bits per heavy atom. The number of aromatic amines is 1. The van der Waals surface area contributed by atoms with Gasteiger partial charge in [-0.1, -0.05) is 0 Å². The van der Waals surface area contributed by atoms with Crippen LogP contribution in [0.4, 0.5) is 11.4 Å². The lowest BCUT2D eigenvalue weighted by Crippen LogP contribution is -2.22. The van der Waals surface area contributed by atoms with Gasteiger partial charge in [0.2, 0.25) is 0 Å². The molecule has 0 saturated heterocycles. The van der Waals surface area contributed by atoms with E-state index >= 15 is 0 Å². The largest absolute Gasteiger partial charge is 0.372 e. The topological polar surface area (TPSA) is 65.2 Å². The molecule has 0 bridgehead atoms. The van der Waals surface area contributed by atoms with E-state index in [1.54, 1.807) is 6.07 Å². The van der Waals surface area contributed by atoms with E-state index in [0.717, 1.165) is 54.5 Å². The summed E-state index contributed by atoms with van der Waals surface area (Å²) in [5, 5.41) is 1.04. The molecular weight excluding hydrogens is 382 g/mol. The summed E-state index contributed by atoms with van der Waals surface area (Å²) in [6, 6.07) is 11.3. The number of rotatable bonds is 6. The van der Waals surface area contributed by atoms with Crippen molar-refractivity contribution < 1.29 is 8.42 Å². The average molecular weight is 412 g/mol. The number of aryl methyl sites for hydroxylation is 3. The van der Waals surface area contributed by atoms with Crippen LogP contribution in [0.1, 0.15) is 43.5 Å². The van der Waals surface area contributed by atoms with Gasteiger partial charge in [-0.2, -0.15) is 0 Å². The second kappa shape index (κ2) is 7.75. The van der Waals surface area contributed by atoms with Crippen molar-refractivity contribution in [1.29, 1.82) is 0 Å². The summed E-state index contributed by atoms with van der Waals surface area (Å²) in [5.74, 6) is 0. The maximum atomic E-state index is 13.1. The summed E-state index contributed by atoms with van der Waals surface area (Å²) >= 11 is 0. The second-order valence-electron chi connectivity index (χ2n) is 7.77. The molecule has 154 valence electrons. The normalized spacial score (nSPS) is 14.0. The van der Waals surface area contributed by atoms with Crippen molar-refractivity contribution in [3.63, 3.8) is 0 Å². The lowest BCUT2D eigenvalue weighted by molar-refractivity contribution is 0.601. The lowest BCUT2D eigenvalue weighted by atomic mass is 9.96. The van der Waals surface area contributed by atoms with Gasteiger partial charge in [0.1, 0.15) is 0 Å². The molecule has 0 saturated carbocycles. The van der Waals surface area contributed by atoms with Crippen LogP contribution < -0.4 is 9.62 Å². The standard InChI is InChI=1S/C23H29N3O2S/c1-4-26(5-2)17-10-12-21(16(3)14-17)25-29(27,28)18-11-13-23-20(15-18)19-8-6-7-9-22(19)24-23/h10-15,24-25H,4-9H2,1-3H3. The van der Waals surface area contributed by atoms with Crippen LogP contribution in [-0.4, -0.2) is 26.5 Å². The predicted molar refractivity (Wildman–Crippen MR) is 120 cm³/mol. The van der Waals surface area contributed by atoms with Crippen LogP contribution in [0.15, 0.2) is 41.3 Å². The van der Waals surface area contributed by atoms with Crippen molar-refractivity contribution >= 4 is 32.3 Å². The maximum absolute atomic E-state index is 13.1. The summed E-state index contributed by atoms with van der Waals surface area (Å²) in [6.07, 6.45) is 4.41. The zero-order valence-corrected chi connectivity index (χ0v) is 18.2. The first kappa shape index (κ1) is 19.8. The van der Waals surface area contributed by atoms with Crippen molar-refractivity contribution in [2.24, 2.45) is 0 Å². The Hall–Kier alpha value is -2.47. The summed E-state index contributed by atoms with van der Waals surface area (Å²) in [7, 11) is -3.65. The minimum absolute atomic E-state index is 0.310. The maximum Gasteiger partial charge on any atom is 0.261 e. The summed E-state index contributed by atoms with van der Waals surface area (Å²) in [6.45, 7) is 8.01. The minimum Gasteiger partial charge on any atom is -0.372 e. The van der Waals surface area contributed by atoms with Gasteiger partial charge in [0.15, 0.2) is 0 Å². The highest BCUT2D eigenvalue weighted by atomic mass is 32.2. The third-order valence-corrected chi connectivity index (χ3v) is 7.33. The number of anilines is 2. The SMILES string of the molecule is CCN(CC)c1ccc(NS(=O)(=O)c2ccc3[nH]c4c(c3c2)CCCC4)c(C)c1. The van der Waals surface area contributed by atoms with E-state index < -0.39 is 10.0 Å². The molecule has 1 aliphatic carbocycles. The van der Waals surface area contributed by atoms with Gasteiger partial charge in [-0.05, 0) is 94.0 Å². The molecule has 2 aromatic carbocycles. The molecule has 1 aromatic heterocycles. The van der Waals surface area contributed by atoms with Crippen molar-refractivity contribution in [1.82, 2.24) is 4.98 Å². The molecule has 2 N–H and O–H groups in total. The Balaban J connectivity index is 1.65. The van der Waals surface area contributed by atoms with Gasteiger partial charge in [0.25, 0.3) is 10.0 Å². The molecule has 1 aliphatic rings. The van der Waals surface area contributed by atoms with Gasteiger partial charge < -0.3 is 9.88 Å². The summed E-state index contributed by atoms with van der Waals surface area (Å²) < 4.78 is 29.0. The van der Waals surface area contributed by atoms with E-state index in [0.29, 0.717) is 10.6 Å². The van der Waals surface area contributed by atoms with Crippen LogP contribution >= 0.6 is 0 Å². The summed E-state index contributed by atoms with van der Waals surface area (Å²) in [5.41, 5.74) is 6.21. The molecule has 0 aliphatic heterocycles. The molecule has 1 heterocycles. The zero-order valence-electron chi connectivity index (χ0n) is 17.4. The molecule has 0 radical (unpaired) electrons. The molecule has 4 rings (SSSR count). The minimum atomic E-state index is -3.65. The van der Waals surface area contributed by atoms with Gasteiger partial charge in [-0.15, -0.1) is 0 Å². The Bertz CT molecular complexity index is 1140. The average Bonchev–Trinajstić information content (AvgIpc) is 3.09. The fourth-order valence-electron chi connectivity index (χ4n) is 4.30. The highest BCUT2D eigenvalue weighted by Gasteiger charge is 2.20. The van der Waals surface area contributed by atoms with E-state index in [-0.39, 0.29) is 0 Å². The number of aromatic nitrogens is 1. The Labute approximate surface area is 173 Å². The van der Waals surface area contributed by atoms with Crippen molar-refractivity contribution in [3.05, 3.63) is 53.2 Å². The first-order valence-corrected chi connectivity index (χ1v) is 11.9. The number of H-pyrrole nitrogens is 1. The van der Waals surface area contributed by atoms with Crippen LogP contribution in [0.3, 0.4) is 0 Å². The number of nitrogens with zero attached hydrogens (tertiary/aromatic N) is 1. The number of sulfonamides is 1. The third kappa shape index (κ3) is 3.73. The van der Waals surface area contributed by atoms with Crippen molar-refractivity contribution in [2.75, 3.05) is 22.7 Å². The number of fused-ring (bicyclic) bond motifs is 3.